The first-order chi connectivity index (χ1) is 18.6. The summed E-state index contributed by atoms with van der Waals surface area (Å²) in [5, 5.41) is 11.7. The summed E-state index contributed by atoms with van der Waals surface area (Å²) < 4.78 is 26.1. The molecule has 8 nitrogen and oxygen atoms in total. The van der Waals surface area contributed by atoms with Crippen LogP contribution < -0.4 is 14.8 Å². The molecule has 0 unspecified atom stereocenters. The van der Waals surface area contributed by atoms with Crippen LogP contribution in [0.3, 0.4) is 0 Å². The molecule has 2 aliphatic rings. The van der Waals surface area contributed by atoms with Crippen LogP contribution in [0.2, 0.25) is 0 Å². The molecule has 2 N–H and O–H groups in total. The molecule has 1 saturated carbocycles. The summed E-state index contributed by atoms with van der Waals surface area (Å²) in [6, 6.07) is 10.6. The number of rotatable bonds is 10. The van der Waals surface area contributed by atoms with Crippen LogP contribution in [-0.2, 0) is 0 Å². The van der Waals surface area contributed by atoms with Gasteiger partial charge in [-0.25, -0.2) is 14.4 Å². The van der Waals surface area contributed by atoms with Crippen molar-refractivity contribution in [1.82, 2.24) is 25.1 Å². The highest BCUT2D eigenvalue weighted by Crippen LogP contribution is 2.40. The first kappa shape index (κ1) is 24.6. The summed E-state index contributed by atoms with van der Waals surface area (Å²) in [6.45, 7) is 5.82. The van der Waals surface area contributed by atoms with E-state index in [4.69, 9.17) is 19.4 Å². The molecule has 6 rings (SSSR count). The SMILES string of the molecule is COc1cc2c(Nc3cc(C4CC4)[nH]n3)nc(-c3cc(C)cc(F)c3)nc2cc1OCCCN1CCCC1. The Morgan fingerprint density at radius 2 is 1.89 bits per heavy atom. The van der Waals surface area contributed by atoms with Gasteiger partial charge in [0.15, 0.2) is 23.1 Å². The van der Waals surface area contributed by atoms with Crippen molar-refractivity contribution in [3.8, 4) is 22.9 Å². The number of aromatic amines is 1. The van der Waals surface area contributed by atoms with Crippen LogP contribution in [0.25, 0.3) is 22.3 Å². The van der Waals surface area contributed by atoms with E-state index in [1.54, 1.807) is 7.11 Å². The Kier molecular flexibility index (Phi) is 6.84. The van der Waals surface area contributed by atoms with Gasteiger partial charge in [-0.3, -0.25) is 5.10 Å². The summed E-state index contributed by atoms with van der Waals surface area (Å²) in [5.74, 6) is 3.14. The fourth-order valence-electron chi connectivity index (χ4n) is 5.10. The predicted molar refractivity (Wildman–Crippen MR) is 146 cm³/mol. The zero-order valence-electron chi connectivity index (χ0n) is 21.9. The largest absolute Gasteiger partial charge is 0.493 e. The minimum absolute atomic E-state index is 0.323. The lowest BCUT2D eigenvalue weighted by atomic mass is 10.1. The van der Waals surface area contributed by atoms with Crippen LogP contribution in [-0.4, -0.2) is 58.4 Å². The highest BCUT2D eigenvalue weighted by molar-refractivity contribution is 5.94. The van der Waals surface area contributed by atoms with Crippen molar-refractivity contribution >= 4 is 22.5 Å². The fraction of sp³-hybridized carbons (Fsp3) is 0.414. The molecule has 3 heterocycles. The molecule has 2 fully saturated rings. The Labute approximate surface area is 221 Å². The van der Waals surface area contributed by atoms with E-state index in [0.29, 0.717) is 52.6 Å². The number of nitrogens with one attached hydrogen (secondary N) is 2. The Hall–Kier alpha value is -3.72. The van der Waals surface area contributed by atoms with Gasteiger partial charge in [0.1, 0.15) is 11.6 Å². The van der Waals surface area contributed by atoms with Crippen molar-refractivity contribution in [2.45, 2.75) is 44.9 Å². The summed E-state index contributed by atoms with van der Waals surface area (Å²) in [5.41, 5.74) is 3.20. The van der Waals surface area contributed by atoms with Gasteiger partial charge in [0.05, 0.1) is 19.2 Å². The number of ether oxygens (including phenoxy) is 2. The number of H-pyrrole nitrogens is 1. The van der Waals surface area contributed by atoms with Gasteiger partial charge in [-0.05, 0) is 81.9 Å². The van der Waals surface area contributed by atoms with Crippen molar-refractivity contribution in [2.24, 2.45) is 0 Å². The van der Waals surface area contributed by atoms with Crippen molar-refractivity contribution < 1.29 is 13.9 Å². The molecule has 2 aromatic heterocycles. The van der Waals surface area contributed by atoms with Gasteiger partial charge in [-0.15, -0.1) is 0 Å². The Balaban J connectivity index is 1.35. The molecule has 0 amide bonds. The standard InChI is InChI=1S/C29H33FN6O2/c1-18-12-20(14-21(30)13-18)28-31-24-16-26(38-11-5-10-36-8-3-4-9-36)25(37-2)15-22(24)29(33-28)32-27-17-23(34-35-27)19-6-7-19/h12-17,19H,3-11H2,1-2H3,(H2,31,32,33,34,35). The number of likely N-dealkylation sites (tertiary alicyclic amines) is 1. The van der Waals surface area contributed by atoms with E-state index in [0.717, 1.165) is 29.6 Å². The van der Waals surface area contributed by atoms with Crippen molar-refractivity contribution in [2.75, 3.05) is 38.7 Å². The zero-order chi connectivity index (χ0) is 26.1. The van der Waals surface area contributed by atoms with Crippen molar-refractivity contribution in [3.05, 3.63) is 53.5 Å². The maximum Gasteiger partial charge on any atom is 0.163 e. The van der Waals surface area contributed by atoms with E-state index < -0.39 is 0 Å². The number of halogens is 1. The second-order valence-corrected chi connectivity index (χ2v) is 10.3. The van der Waals surface area contributed by atoms with Gasteiger partial charge < -0.3 is 19.7 Å². The van der Waals surface area contributed by atoms with Gasteiger partial charge in [0.2, 0.25) is 0 Å². The van der Waals surface area contributed by atoms with E-state index >= 15 is 0 Å². The van der Waals surface area contributed by atoms with E-state index in [1.807, 2.05) is 31.2 Å². The summed E-state index contributed by atoms with van der Waals surface area (Å²) in [7, 11) is 1.63. The molecular weight excluding hydrogens is 483 g/mol. The minimum Gasteiger partial charge on any atom is -0.493 e. The minimum atomic E-state index is -0.323. The number of aromatic nitrogens is 4. The molecule has 0 radical (unpaired) electrons. The Bertz CT molecular complexity index is 1420. The maximum atomic E-state index is 14.3. The zero-order valence-corrected chi connectivity index (χ0v) is 21.9. The molecule has 0 bridgehead atoms. The molecule has 38 heavy (non-hydrogen) atoms. The molecule has 4 aromatic rings. The highest BCUT2D eigenvalue weighted by atomic mass is 19.1. The summed E-state index contributed by atoms with van der Waals surface area (Å²) in [6.07, 6.45) is 5.86. The molecular formula is C29H33FN6O2. The molecule has 0 atom stereocenters. The third-order valence-electron chi connectivity index (χ3n) is 7.22. The van der Waals surface area contributed by atoms with Gasteiger partial charge in [-0.2, -0.15) is 5.10 Å². The number of methoxy groups -OCH3 is 1. The molecule has 1 saturated heterocycles. The lowest BCUT2D eigenvalue weighted by Crippen LogP contribution is -2.21. The van der Waals surface area contributed by atoms with Gasteiger partial charge in [0.25, 0.3) is 0 Å². The fourth-order valence-corrected chi connectivity index (χ4v) is 5.10. The smallest absolute Gasteiger partial charge is 0.163 e. The third-order valence-corrected chi connectivity index (χ3v) is 7.22. The average molecular weight is 517 g/mol. The third kappa shape index (κ3) is 5.43. The predicted octanol–water partition coefficient (Wildman–Crippen LogP) is 5.96. The summed E-state index contributed by atoms with van der Waals surface area (Å²) in [4.78, 5) is 12.1. The van der Waals surface area contributed by atoms with E-state index in [2.05, 4.69) is 20.4 Å². The molecule has 198 valence electrons. The number of fused-ring (bicyclic) bond motifs is 1. The maximum absolute atomic E-state index is 14.3. The first-order valence-electron chi connectivity index (χ1n) is 13.4. The van der Waals surface area contributed by atoms with Crippen LogP contribution in [0, 0.1) is 12.7 Å². The topological polar surface area (TPSA) is 88.2 Å². The number of hydrogen-bond donors (Lipinski definition) is 2. The quantitative estimate of drug-likeness (QED) is 0.251. The Morgan fingerprint density at radius 3 is 2.66 bits per heavy atom. The van der Waals surface area contributed by atoms with E-state index in [9.17, 15) is 4.39 Å². The normalized spacial score (nSPS) is 15.8. The highest BCUT2D eigenvalue weighted by Gasteiger charge is 2.26. The molecule has 0 spiro atoms. The first-order valence-corrected chi connectivity index (χ1v) is 13.4. The number of hydrogen-bond acceptors (Lipinski definition) is 7. The number of nitrogens with zero attached hydrogens (tertiary/aromatic N) is 4. The number of anilines is 2. The van der Waals surface area contributed by atoms with Crippen LogP contribution in [0.4, 0.5) is 16.0 Å². The monoisotopic (exact) mass is 516 g/mol. The number of aryl methyl sites for hydroxylation is 1. The number of benzene rings is 2. The second kappa shape index (κ2) is 10.6. The van der Waals surface area contributed by atoms with E-state index in [1.165, 1.54) is 50.9 Å². The molecule has 1 aliphatic carbocycles. The van der Waals surface area contributed by atoms with E-state index in [-0.39, 0.29) is 5.82 Å². The Morgan fingerprint density at radius 1 is 1.05 bits per heavy atom. The molecule has 1 aliphatic heterocycles. The lowest BCUT2D eigenvalue weighted by molar-refractivity contribution is 0.254. The van der Waals surface area contributed by atoms with Crippen molar-refractivity contribution in [1.29, 1.82) is 0 Å². The van der Waals surface area contributed by atoms with Gasteiger partial charge in [-0.1, -0.05) is 0 Å². The molecule has 9 heteroatoms. The summed E-state index contributed by atoms with van der Waals surface area (Å²) >= 11 is 0. The van der Waals surface area contributed by atoms with Crippen molar-refractivity contribution in [3.63, 3.8) is 0 Å². The average Bonchev–Trinajstić information content (AvgIpc) is 3.42. The van der Waals surface area contributed by atoms with Crippen LogP contribution in [0.15, 0.2) is 36.4 Å². The van der Waals surface area contributed by atoms with Crippen LogP contribution in [0.1, 0.15) is 49.3 Å². The molecule has 2 aromatic carbocycles. The van der Waals surface area contributed by atoms with Crippen LogP contribution in [0.5, 0.6) is 11.5 Å². The van der Waals surface area contributed by atoms with Gasteiger partial charge >= 0.3 is 0 Å². The van der Waals surface area contributed by atoms with Gasteiger partial charge in [0, 0.05) is 41.2 Å². The lowest BCUT2D eigenvalue weighted by Gasteiger charge is -2.16. The second-order valence-electron chi connectivity index (χ2n) is 10.3. The van der Waals surface area contributed by atoms with Crippen LogP contribution >= 0.6 is 0 Å².